The first-order valence-electron chi connectivity index (χ1n) is 11.1. The molecule has 1 atom stereocenters. The molecule has 1 aromatic rings. The highest BCUT2D eigenvalue weighted by Crippen LogP contribution is 2.40. The summed E-state index contributed by atoms with van der Waals surface area (Å²) in [7, 11) is -2.58. The molecule has 120 valence electrons. The van der Waals surface area contributed by atoms with Crippen LogP contribution in [0.15, 0.2) is 24.3 Å². The Morgan fingerprint density at radius 1 is 1.29 bits per heavy atom. The van der Waals surface area contributed by atoms with Crippen molar-refractivity contribution in [3.05, 3.63) is 29.8 Å². The third kappa shape index (κ3) is 4.60. The second-order valence-corrected chi connectivity index (χ2v) is 5.54. The number of hydrogen-bond donors (Lipinski definition) is 1. The average Bonchev–Trinajstić information content (AvgIpc) is 2.54. The maximum atomic E-state index is 11.3. The molecule has 0 bridgehead atoms. The molecule has 1 saturated carbocycles. The van der Waals surface area contributed by atoms with Crippen molar-refractivity contribution in [3.8, 4) is 5.75 Å². The quantitative estimate of drug-likeness (QED) is 0.901. The highest BCUT2D eigenvalue weighted by molar-refractivity contribution is 5.85. The third-order valence-corrected chi connectivity index (χ3v) is 4.15. The molecule has 3 nitrogen and oxygen atoms in total. The van der Waals surface area contributed by atoms with Crippen molar-refractivity contribution in [2.45, 2.75) is 43.6 Å². The Balaban J connectivity index is 0.00000420. The number of nitrogens with zero attached hydrogens (tertiary/aromatic N) is 1. The number of benzene rings is 1. The van der Waals surface area contributed by atoms with Gasteiger partial charge in [-0.05, 0) is 44.5 Å². The highest BCUT2D eigenvalue weighted by Gasteiger charge is 2.38. The van der Waals surface area contributed by atoms with Crippen molar-refractivity contribution in [2.24, 2.45) is 0 Å². The molecule has 1 fully saturated rings. The average molecular weight is 322 g/mol. The van der Waals surface area contributed by atoms with Gasteiger partial charge >= 0.3 is 0 Å². The summed E-state index contributed by atoms with van der Waals surface area (Å²) < 4.78 is 64.5. The van der Waals surface area contributed by atoms with Crippen molar-refractivity contribution in [1.82, 2.24) is 4.90 Å². The van der Waals surface area contributed by atoms with Crippen LogP contribution in [0.3, 0.4) is 0 Å². The molecule has 1 N–H and O–H groups in total. The lowest BCUT2D eigenvalue weighted by Gasteiger charge is -2.40. The van der Waals surface area contributed by atoms with Gasteiger partial charge in [0.2, 0.25) is 0 Å². The first kappa shape index (κ1) is 9.39. The smallest absolute Gasteiger partial charge is 0.118 e. The first-order valence-corrected chi connectivity index (χ1v) is 6.94. The molecule has 21 heavy (non-hydrogen) atoms. The van der Waals surface area contributed by atoms with E-state index in [0.717, 1.165) is 24.2 Å². The van der Waals surface area contributed by atoms with Gasteiger partial charge < -0.3 is 14.7 Å². The van der Waals surface area contributed by atoms with E-state index in [9.17, 15) is 5.11 Å². The van der Waals surface area contributed by atoms with Crippen molar-refractivity contribution in [2.75, 3.05) is 27.6 Å². The standard InChI is InChI=1S/C17H27NO2.ClH/c1-18(2)13-16(17(19)11-5-4-6-12-17)14-7-9-15(20-3)10-8-14;/h7-10,16,19H,4-6,11-13H2,1-3H3;1H/i1D2,2D3,3D3;. The number of ether oxygens (including phenoxy) is 1. The predicted molar refractivity (Wildman–Crippen MR) is 89.6 cm³/mol. The molecule has 0 saturated heterocycles. The molecule has 1 aliphatic rings. The van der Waals surface area contributed by atoms with Gasteiger partial charge in [-0.3, -0.25) is 0 Å². The van der Waals surface area contributed by atoms with E-state index in [4.69, 9.17) is 15.7 Å². The van der Waals surface area contributed by atoms with Gasteiger partial charge in [-0.15, -0.1) is 12.4 Å². The number of hydrogen-bond acceptors (Lipinski definition) is 3. The van der Waals surface area contributed by atoms with Crippen LogP contribution in [0.4, 0.5) is 0 Å². The molecular weight excluding hydrogens is 286 g/mol. The van der Waals surface area contributed by atoms with Crippen molar-refractivity contribution in [1.29, 1.82) is 0 Å². The zero-order valence-corrected chi connectivity index (χ0v) is 12.7. The van der Waals surface area contributed by atoms with Gasteiger partial charge in [0.1, 0.15) is 5.75 Å². The monoisotopic (exact) mass is 321 g/mol. The van der Waals surface area contributed by atoms with Crippen LogP contribution >= 0.6 is 12.4 Å². The molecule has 1 aromatic carbocycles. The fourth-order valence-corrected chi connectivity index (χ4v) is 3.06. The Labute approximate surface area is 146 Å². The zero-order valence-electron chi connectivity index (χ0n) is 19.9. The Kier molecular flexibility index (Phi) is 3.58. The summed E-state index contributed by atoms with van der Waals surface area (Å²) in [6.07, 6.45) is 3.61. The maximum absolute atomic E-state index is 11.3. The third-order valence-electron chi connectivity index (χ3n) is 4.15. The minimum Gasteiger partial charge on any atom is -0.497 e. The maximum Gasteiger partial charge on any atom is 0.118 e. The summed E-state index contributed by atoms with van der Waals surface area (Å²) in [5.74, 6) is -0.488. The molecule has 0 aliphatic heterocycles. The van der Waals surface area contributed by atoms with Crippen molar-refractivity contribution < 1.29 is 20.8 Å². The molecule has 0 spiro atoms. The van der Waals surface area contributed by atoms with E-state index >= 15 is 0 Å². The van der Waals surface area contributed by atoms with E-state index in [1.807, 2.05) is 0 Å². The summed E-state index contributed by atoms with van der Waals surface area (Å²) in [5, 5.41) is 11.3. The van der Waals surface area contributed by atoms with Crippen LogP contribution in [-0.4, -0.2) is 43.2 Å². The van der Waals surface area contributed by atoms with Crippen LogP contribution in [0.5, 0.6) is 5.75 Å². The summed E-state index contributed by atoms with van der Waals surface area (Å²) in [5.41, 5.74) is -0.527. The molecule has 0 aromatic heterocycles. The lowest BCUT2D eigenvalue weighted by molar-refractivity contribution is -0.0277. The SMILES string of the molecule is Cl.[2H]C([2H])N(CC(c1ccc(OC([2H])([2H])[2H])cc1)C1(O)CCCCC1)C([2H])([2H])[2H]. The number of halogens is 1. The normalized spacial score (nSPS) is 25.9. The fourth-order valence-electron chi connectivity index (χ4n) is 3.06. The van der Waals surface area contributed by atoms with E-state index in [1.54, 1.807) is 12.1 Å². The summed E-state index contributed by atoms with van der Waals surface area (Å²) in [6.45, 7) is -4.52. The van der Waals surface area contributed by atoms with Crippen molar-refractivity contribution in [3.63, 3.8) is 0 Å². The van der Waals surface area contributed by atoms with Gasteiger partial charge in [-0.1, -0.05) is 31.4 Å². The van der Waals surface area contributed by atoms with Gasteiger partial charge in [-0.25, -0.2) is 0 Å². The van der Waals surface area contributed by atoms with Gasteiger partial charge in [0.05, 0.1) is 16.8 Å². The summed E-state index contributed by atoms with van der Waals surface area (Å²) >= 11 is 0. The van der Waals surface area contributed by atoms with Crippen LogP contribution in [0.25, 0.3) is 0 Å². The highest BCUT2D eigenvalue weighted by atomic mass is 35.5. The van der Waals surface area contributed by atoms with Crippen molar-refractivity contribution >= 4 is 12.4 Å². The van der Waals surface area contributed by atoms with Crippen LogP contribution in [0.1, 0.15) is 54.6 Å². The molecule has 1 aliphatic carbocycles. The van der Waals surface area contributed by atoms with Gasteiger partial charge in [0.15, 0.2) is 0 Å². The minimum atomic E-state index is -2.64. The van der Waals surface area contributed by atoms with E-state index in [2.05, 4.69) is 0 Å². The second-order valence-electron chi connectivity index (χ2n) is 5.54. The van der Waals surface area contributed by atoms with E-state index in [-0.39, 0.29) is 24.7 Å². The van der Waals surface area contributed by atoms with Gasteiger partial charge in [-0.2, -0.15) is 0 Å². The largest absolute Gasteiger partial charge is 0.497 e. The number of rotatable bonds is 5. The Hall–Kier alpha value is -0.770. The minimum absolute atomic E-state index is 0. The lowest BCUT2D eigenvalue weighted by Crippen LogP contribution is -2.42. The molecule has 0 heterocycles. The Morgan fingerprint density at radius 2 is 2.00 bits per heavy atom. The van der Waals surface area contributed by atoms with Gasteiger partial charge in [0.25, 0.3) is 0 Å². The zero-order chi connectivity index (χ0) is 21.2. The second kappa shape index (κ2) is 8.02. The van der Waals surface area contributed by atoms with E-state index in [0.29, 0.717) is 18.4 Å². The Bertz CT molecular complexity index is 630. The molecule has 4 heteroatoms. The van der Waals surface area contributed by atoms with E-state index < -0.39 is 32.5 Å². The summed E-state index contributed by atoms with van der Waals surface area (Å²) in [6, 6.07) is 6.16. The van der Waals surface area contributed by atoms with Gasteiger partial charge in [0, 0.05) is 19.3 Å². The van der Waals surface area contributed by atoms with Crippen LogP contribution in [-0.2, 0) is 0 Å². The number of methoxy groups -OCH3 is 1. The summed E-state index contributed by atoms with van der Waals surface area (Å²) in [4.78, 5) is 0.775. The molecule has 0 amide bonds. The molecule has 1 unspecified atom stereocenters. The lowest BCUT2D eigenvalue weighted by atomic mass is 9.72. The first-order chi connectivity index (χ1) is 12.8. The van der Waals surface area contributed by atoms with E-state index in [1.165, 1.54) is 12.1 Å². The predicted octanol–water partition coefficient (Wildman–Crippen LogP) is 3.46. The number of aliphatic hydroxyl groups is 1. The molecule has 0 radical (unpaired) electrons. The molecule has 2 rings (SSSR count). The topological polar surface area (TPSA) is 32.7 Å². The fraction of sp³-hybridized carbons (Fsp3) is 0.647. The Morgan fingerprint density at radius 3 is 2.57 bits per heavy atom. The molecular formula is C17H28ClNO2. The van der Waals surface area contributed by atoms with Crippen LogP contribution in [0.2, 0.25) is 0 Å². The van der Waals surface area contributed by atoms with Crippen LogP contribution in [0, 0.1) is 0 Å². The van der Waals surface area contributed by atoms with Crippen LogP contribution < -0.4 is 4.74 Å². The number of likely N-dealkylation sites (N-methyl/N-ethyl adjacent to an activating group) is 1.